The predicted molar refractivity (Wildman–Crippen MR) is 107 cm³/mol. The molecule has 0 saturated carbocycles. The molecule has 0 unspecified atom stereocenters. The van der Waals surface area contributed by atoms with E-state index in [2.05, 4.69) is 52.3 Å². The molecule has 4 rings (SSSR count). The highest BCUT2D eigenvalue weighted by Gasteiger charge is 2.40. The molecule has 2 aliphatic rings. The van der Waals surface area contributed by atoms with Crippen LogP contribution >= 0.6 is 0 Å². The van der Waals surface area contributed by atoms with Crippen LogP contribution in [-0.2, 0) is 6.42 Å². The fourth-order valence-corrected chi connectivity index (χ4v) is 4.65. The molecule has 1 aromatic heterocycles. The summed E-state index contributed by atoms with van der Waals surface area (Å²) in [6.07, 6.45) is 11.3. The molecule has 2 aliphatic heterocycles. The van der Waals surface area contributed by atoms with Gasteiger partial charge in [0.15, 0.2) is 0 Å². The van der Waals surface area contributed by atoms with Gasteiger partial charge in [0.05, 0.1) is 6.26 Å². The molecule has 3 heterocycles. The minimum Gasteiger partial charge on any atom is -0.465 e. The van der Waals surface area contributed by atoms with Crippen LogP contribution in [-0.4, -0.2) is 49.1 Å². The SMILES string of the molecule is C(=C\c1ccco1)/CN1CC[C@@]2(CCCN(CCc3ccccc3)C2)C1. The molecular formula is C23H30N2O. The average Bonchev–Trinajstić information content (AvgIpc) is 3.32. The lowest BCUT2D eigenvalue weighted by Crippen LogP contribution is -2.45. The van der Waals surface area contributed by atoms with E-state index in [1.54, 1.807) is 6.26 Å². The van der Waals surface area contributed by atoms with Gasteiger partial charge in [-0.2, -0.15) is 0 Å². The molecule has 0 bridgehead atoms. The van der Waals surface area contributed by atoms with Gasteiger partial charge in [0.2, 0.25) is 0 Å². The number of benzene rings is 1. The van der Waals surface area contributed by atoms with Crippen molar-refractivity contribution in [2.45, 2.75) is 25.7 Å². The number of nitrogens with zero attached hydrogens (tertiary/aromatic N) is 2. The van der Waals surface area contributed by atoms with Crippen LogP contribution in [0, 0.1) is 5.41 Å². The van der Waals surface area contributed by atoms with Gasteiger partial charge in [-0.15, -0.1) is 0 Å². The molecule has 2 aromatic rings. The number of hydrogen-bond donors (Lipinski definition) is 0. The Bertz CT molecular complexity index is 694. The Morgan fingerprint density at radius 2 is 1.85 bits per heavy atom. The van der Waals surface area contributed by atoms with E-state index in [1.165, 1.54) is 64.0 Å². The molecule has 2 fully saturated rings. The summed E-state index contributed by atoms with van der Waals surface area (Å²) >= 11 is 0. The third kappa shape index (κ3) is 4.46. The van der Waals surface area contributed by atoms with E-state index in [-0.39, 0.29) is 0 Å². The van der Waals surface area contributed by atoms with Gasteiger partial charge in [-0.25, -0.2) is 0 Å². The number of likely N-dealkylation sites (tertiary alicyclic amines) is 2. The van der Waals surface area contributed by atoms with Crippen LogP contribution in [0.2, 0.25) is 0 Å². The topological polar surface area (TPSA) is 19.6 Å². The molecule has 3 nitrogen and oxygen atoms in total. The van der Waals surface area contributed by atoms with Crippen LogP contribution in [0.3, 0.4) is 0 Å². The van der Waals surface area contributed by atoms with Crippen molar-refractivity contribution in [1.29, 1.82) is 0 Å². The maximum atomic E-state index is 5.37. The lowest BCUT2D eigenvalue weighted by Gasteiger charge is -2.40. The van der Waals surface area contributed by atoms with Gasteiger partial charge in [-0.05, 0) is 68.0 Å². The Hall–Kier alpha value is -1.84. The van der Waals surface area contributed by atoms with E-state index in [1.807, 2.05) is 12.1 Å². The monoisotopic (exact) mass is 350 g/mol. The largest absolute Gasteiger partial charge is 0.465 e. The highest BCUT2D eigenvalue weighted by molar-refractivity contribution is 5.42. The molecule has 3 heteroatoms. The van der Waals surface area contributed by atoms with Gasteiger partial charge in [0.25, 0.3) is 0 Å². The molecule has 2 saturated heterocycles. The van der Waals surface area contributed by atoms with E-state index < -0.39 is 0 Å². The first-order valence-electron chi connectivity index (χ1n) is 10.0. The van der Waals surface area contributed by atoms with Crippen LogP contribution in [0.5, 0.6) is 0 Å². The average molecular weight is 351 g/mol. The Kier molecular flexibility index (Phi) is 5.57. The van der Waals surface area contributed by atoms with Gasteiger partial charge in [-0.1, -0.05) is 36.4 Å². The summed E-state index contributed by atoms with van der Waals surface area (Å²) in [5.41, 5.74) is 1.98. The molecule has 0 aliphatic carbocycles. The normalized spacial score (nSPS) is 24.8. The molecule has 138 valence electrons. The highest BCUT2D eigenvalue weighted by atomic mass is 16.3. The Labute approximate surface area is 157 Å². The second kappa shape index (κ2) is 8.24. The summed E-state index contributed by atoms with van der Waals surface area (Å²) in [5, 5.41) is 0. The first kappa shape index (κ1) is 17.6. The van der Waals surface area contributed by atoms with Gasteiger partial charge in [-0.3, -0.25) is 4.90 Å². The summed E-state index contributed by atoms with van der Waals surface area (Å²) < 4.78 is 5.37. The molecule has 1 atom stereocenters. The zero-order chi connectivity index (χ0) is 17.7. The third-order valence-corrected chi connectivity index (χ3v) is 6.01. The molecule has 0 radical (unpaired) electrons. The van der Waals surface area contributed by atoms with Crippen molar-refractivity contribution >= 4 is 6.08 Å². The fourth-order valence-electron chi connectivity index (χ4n) is 4.65. The zero-order valence-electron chi connectivity index (χ0n) is 15.6. The van der Waals surface area contributed by atoms with E-state index >= 15 is 0 Å². The van der Waals surface area contributed by atoms with Crippen LogP contribution in [0.25, 0.3) is 6.08 Å². The predicted octanol–water partition coefficient (Wildman–Crippen LogP) is 4.32. The van der Waals surface area contributed by atoms with Crippen molar-refractivity contribution in [3.05, 3.63) is 66.1 Å². The third-order valence-electron chi connectivity index (χ3n) is 6.01. The second-order valence-corrected chi connectivity index (χ2v) is 8.02. The van der Waals surface area contributed by atoms with Gasteiger partial charge >= 0.3 is 0 Å². The summed E-state index contributed by atoms with van der Waals surface area (Å²) in [5.74, 6) is 0.948. The fraction of sp³-hybridized carbons (Fsp3) is 0.478. The van der Waals surface area contributed by atoms with E-state index in [4.69, 9.17) is 4.42 Å². The summed E-state index contributed by atoms with van der Waals surface area (Å²) in [6.45, 7) is 7.26. The van der Waals surface area contributed by atoms with Crippen molar-refractivity contribution in [1.82, 2.24) is 9.80 Å². The molecule has 0 amide bonds. The van der Waals surface area contributed by atoms with Crippen molar-refractivity contribution in [3.8, 4) is 0 Å². The molecule has 26 heavy (non-hydrogen) atoms. The second-order valence-electron chi connectivity index (χ2n) is 8.02. The first-order chi connectivity index (χ1) is 12.8. The Morgan fingerprint density at radius 3 is 2.69 bits per heavy atom. The standard InChI is InChI=1S/C23H30N2O/c1-2-7-21(8-3-1)11-16-24-15-6-12-23(19-24)13-17-25(20-23)14-4-9-22-10-5-18-26-22/h1-5,7-10,18H,6,11-17,19-20H2/b9-4+/t23-/m1/s1. The number of hydrogen-bond acceptors (Lipinski definition) is 3. The van der Waals surface area contributed by atoms with Crippen molar-refractivity contribution in [2.75, 3.05) is 39.3 Å². The number of rotatable bonds is 6. The summed E-state index contributed by atoms with van der Waals surface area (Å²) in [4.78, 5) is 5.32. The van der Waals surface area contributed by atoms with Crippen LogP contribution in [0.1, 0.15) is 30.6 Å². The van der Waals surface area contributed by atoms with Crippen molar-refractivity contribution < 1.29 is 4.42 Å². The first-order valence-corrected chi connectivity index (χ1v) is 10.0. The highest BCUT2D eigenvalue weighted by Crippen LogP contribution is 2.38. The quantitative estimate of drug-likeness (QED) is 0.773. The van der Waals surface area contributed by atoms with Crippen molar-refractivity contribution in [2.24, 2.45) is 5.41 Å². The molecule has 1 spiro atoms. The number of piperidine rings is 1. The lowest BCUT2D eigenvalue weighted by atomic mass is 9.79. The molecular weight excluding hydrogens is 320 g/mol. The maximum Gasteiger partial charge on any atom is 0.126 e. The van der Waals surface area contributed by atoms with Gasteiger partial charge in [0, 0.05) is 26.2 Å². The van der Waals surface area contributed by atoms with Crippen molar-refractivity contribution in [3.63, 3.8) is 0 Å². The smallest absolute Gasteiger partial charge is 0.126 e. The molecule has 0 N–H and O–H groups in total. The minimum absolute atomic E-state index is 0.521. The summed E-state index contributed by atoms with van der Waals surface area (Å²) in [7, 11) is 0. The summed E-state index contributed by atoms with van der Waals surface area (Å²) in [6, 6.07) is 14.9. The van der Waals surface area contributed by atoms with Crippen LogP contribution in [0.15, 0.2) is 59.2 Å². The van der Waals surface area contributed by atoms with Gasteiger partial charge in [0.1, 0.15) is 5.76 Å². The van der Waals surface area contributed by atoms with Crippen LogP contribution < -0.4 is 0 Å². The van der Waals surface area contributed by atoms with E-state index in [0.717, 1.165) is 12.3 Å². The minimum atomic E-state index is 0.521. The number of furan rings is 1. The lowest BCUT2D eigenvalue weighted by molar-refractivity contribution is 0.0950. The van der Waals surface area contributed by atoms with E-state index in [9.17, 15) is 0 Å². The van der Waals surface area contributed by atoms with Gasteiger partial charge < -0.3 is 9.32 Å². The van der Waals surface area contributed by atoms with E-state index in [0.29, 0.717) is 5.41 Å². The Morgan fingerprint density at radius 1 is 0.962 bits per heavy atom. The maximum absolute atomic E-state index is 5.37. The van der Waals surface area contributed by atoms with Crippen LogP contribution in [0.4, 0.5) is 0 Å². The molecule has 1 aromatic carbocycles. The zero-order valence-corrected chi connectivity index (χ0v) is 15.6. The Balaban J connectivity index is 1.27.